The first-order valence-electron chi connectivity index (χ1n) is 6.74. The second-order valence-electron chi connectivity index (χ2n) is 4.78. The number of benzene rings is 1. The Balaban J connectivity index is 2.16. The van der Waals surface area contributed by atoms with Crippen LogP contribution in [0.3, 0.4) is 0 Å². The van der Waals surface area contributed by atoms with E-state index in [1.165, 1.54) is 7.11 Å². The number of aliphatic carboxylic acids is 1. The molecule has 7 nitrogen and oxygen atoms in total. The van der Waals surface area contributed by atoms with E-state index >= 15 is 0 Å². The van der Waals surface area contributed by atoms with Gasteiger partial charge in [-0.05, 0) is 24.3 Å². The number of carboxylic acids is 1. The number of amides is 1. The molecule has 1 unspecified atom stereocenters. The molecule has 0 aliphatic rings. The summed E-state index contributed by atoms with van der Waals surface area (Å²) in [7, 11) is 3.04. The SMILES string of the molecule is COCCC(NC(=O)c1cc2cc(OC)ccc2[nH]1)C(=O)O. The summed E-state index contributed by atoms with van der Waals surface area (Å²) in [6.07, 6.45) is 0.200. The lowest BCUT2D eigenvalue weighted by atomic mass is 10.2. The standard InChI is InChI=1S/C15H18N2O5/c1-21-6-5-12(15(19)20)17-14(18)13-8-9-7-10(22-2)3-4-11(9)16-13/h3-4,7-8,12,16H,5-6H2,1-2H3,(H,17,18)(H,19,20). The van der Waals surface area contributed by atoms with Gasteiger partial charge in [-0.25, -0.2) is 4.79 Å². The molecule has 0 fully saturated rings. The van der Waals surface area contributed by atoms with Crippen LogP contribution in [0.4, 0.5) is 0 Å². The van der Waals surface area contributed by atoms with Crippen LogP contribution in [0.5, 0.6) is 5.75 Å². The third-order valence-electron chi connectivity index (χ3n) is 3.29. The quantitative estimate of drug-likeness (QED) is 0.718. The number of hydrogen-bond donors (Lipinski definition) is 3. The van der Waals surface area contributed by atoms with Crippen molar-refractivity contribution in [2.24, 2.45) is 0 Å². The minimum atomic E-state index is -1.09. The van der Waals surface area contributed by atoms with Crippen LogP contribution in [0.2, 0.25) is 0 Å². The minimum Gasteiger partial charge on any atom is -0.497 e. The zero-order chi connectivity index (χ0) is 16.1. The first kappa shape index (κ1) is 15.8. The van der Waals surface area contributed by atoms with Gasteiger partial charge in [0.05, 0.1) is 7.11 Å². The van der Waals surface area contributed by atoms with Crippen LogP contribution in [0, 0.1) is 0 Å². The average Bonchev–Trinajstić information content (AvgIpc) is 2.93. The van der Waals surface area contributed by atoms with Gasteiger partial charge in [-0.15, -0.1) is 0 Å². The molecule has 1 aromatic heterocycles. The molecule has 0 aliphatic heterocycles. The van der Waals surface area contributed by atoms with Crippen molar-refractivity contribution in [3.05, 3.63) is 30.0 Å². The molecular weight excluding hydrogens is 288 g/mol. The number of hydrogen-bond acceptors (Lipinski definition) is 4. The van der Waals surface area contributed by atoms with Gasteiger partial charge in [-0.3, -0.25) is 4.79 Å². The molecule has 1 heterocycles. The molecule has 22 heavy (non-hydrogen) atoms. The normalized spacial score (nSPS) is 12.1. The Bertz CT molecular complexity index is 680. The summed E-state index contributed by atoms with van der Waals surface area (Å²) >= 11 is 0. The van der Waals surface area contributed by atoms with Crippen LogP contribution < -0.4 is 10.1 Å². The maximum Gasteiger partial charge on any atom is 0.326 e. The summed E-state index contributed by atoms with van der Waals surface area (Å²) in [5, 5.41) is 12.4. The van der Waals surface area contributed by atoms with E-state index in [0.717, 1.165) is 10.9 Å². The second kappa shape index (κ2) is 6.95. The van der Waals surface area contributed by atoms with Crippen LogP contribution in [0.25, 0.3) is 10.9 Å². The lowest BCUT2D eigenvalue weighted by Gasteiger charge is -2.13. The molecule has 1 aromatic carbocycles. The van der Waals surface area contributed by atoms with Crippen molar-refractivity contribution in [3.8, 4) is 5.75 Å². The number of nitrogens with one attached hydrogen (secondary N) is 2. The Morgan fingerprint density at radius 1 is 1.32 bits per heavy atom. The number of aromatic amines is 1. The van der Waals surface area contributed by atoms with Crippen molar-refractivity contribution in [2.75, 3.05) is 20.8 Å². The molecule has 7 heteroatoms. The number of carboxylic acid groups (broad SMARTS) is 1. The van der Waals surface area contributed by atoms with Gasteiger partial charge in [0.2, 0.25) is 0 Å². The smallest absolute Gasteiger partial charge is 0.326 e. The minimum absolute atomic E-state index is 0.200. The summed E-state index contributed by atoms with van der Waals surface area (Å²) in [6.45, 7) is 0.251. The van der Waals surface area contributed by atoms with Crippen molar-refractivity contribution in [1.82, 2.24) is 10.3 Å². The number of H-pyrrole nitrogens is 1. The number of aromatic nitrogens is 1. The molecule has 1 atom stereocenters. The second-order valence-corrected chi connectivity index (χ2v) is 4.78. The van der Waals surface area contributed by atoms with E-state index in [2.05, 4.69) is 10.3 Å². The molecule has 0 spiro atoms. The van der Waals surface area contributed by atoms with Gasteiger partial charge in [-0.2, -0.15) is 0 Å². The van der Waals surface area contributed by atoms with Crippen molar-refractivity contribution < 1.29 is 24.2 Å². The maximum atomic E-state index is 12.2. The highest BCUT2D eigenvalue weighted by atomic mass is 16.5. The Hall–Kier alpha value is -2.54. The van der Waals surface area contributed by atoms with Crippen molar-refractivity contribution in [3.63, 3.8) is 0 Å². The molecule has 118 valence electrons. The zero-order valence-electron chi connectivity index (χ0n) is 12.4. The summed E-state index contributed by atoms with van der Waals surface area (Å²) in [5.74, 6) is -0.885. The summed E-state index contributed by atoms with van der Waals surface area (Å²) in [4.78, 5) is 26.3. The Morgan fingerprint density at radius 3 is 2.73 bits per heavy atom. The molecule has 0 bridgehead atoms. The van der Waals surface area contributed by atoms with E-state index in [1.54, 1.807) is 31.4 Å². The number of carbonyl (C=O) groups excluding carboxylic acids is 1. The monoisotopic (exact) mass is 306 g/mol. The van der Waals surface area contributed by atoms with Gasteiger partial charge in [0, 0.05) is 31.0 Å². The number of fused-ring (bicyclic) bond motifs is 1. The zero-order valence-corrected chi connectivity index (χ0v) is 12.4. The maximum absolute atomic E-state index is 12.2. The fourth-order valence-corrected chi connectivity index (χ4v) is 2.09. The van der Waals surface area contributed by atoms with Crippen LogP contribution in [-0.2, 0) is 9.53 Å². The Morgan fingerprint density at radius 2 is 2.09 bits per heavy atom. The van der Waals surface area contributed by atoms with Crippen LogP contribution in [0.15, 0.2) is 24.3 Å². The topological polar surface area (TPSA) is 101 Å². The van der Waals surface area contributed by atoms with Gasteiger partial charge in [0.15, 0.2) is 0 Å². The van der Waals surface area contributed by atoms with Gasteiger partial charge >= 0.3 is 5.97 Å². The highest BCUT2D eigenvalue weighted by Gasteiger charge is 2.21. The molecule has 2 aromatic rings. The predicted octanol–water partition coefficient (Wildman–Crippen LogP) is 1.40. The molecule has 0 radical (unpaired) electrons. The first-order chi connectivity index (χ1) is 10.5. The molecule has 2 rings (SSSR count). The van der Waals surface area contributed by atoms with Crippen LogP contribution in [-0.4, -0.2) is 48.8 Å². The van der Waals surface area contributed by atoms with Crippen molar-refractivity contribution in [2.45, 2.75) is 12.5 Å². The molecule has 0 aliphatic carbocycles. The lowest BCUT2D eigenvalue weighted by Crippen LogP contribution is -2.41. The number of ether oxygens (including phenoxy) is 2. The third-order valence-corrected chi connectivity index (χ3v) is 3.29. The Labute approximate surface area is 127 Å². The van der Waals surface area contributed by atoms with Gasteiger partial charge < -0.3 is 24.9 Å². The Kier molecular flexibility index (Phi) is 5.00. The van der Waals surface area contributed by atoms with E-state index in [9.17, 15) is 9.59 Å². The lowest BCUT2D eigenvalue weighted by molar-refractivity contribution is -0.139. The van der Waals surface area contributed by atoms with Crippen molar-refractivity contribution >= 4 is 22.8 Å². The van der Waals surface area contributed by atoms with E-state index in [1.807, 2.05) is 0 Å². The first-order valence-corrected chi connectivity index (χ1v) is 6.74. The number of methoxy groups -OCH3 is 2. The fraction of sp³-hybridized carbons (Fsp3) is 0.333. The average molecular weight is 306 g/mol. The molecule has 1 amide bonds. The van der Waals surface area contributed by atoms with E-state index < -0.39 is 17.9 Å². The van der Waals surface area contributed by atoms with Crippen molar-refractivity contribution in [1.29, 1.82) is 0 Å². The van der Waals surface area contributed by atoms with E-state index in [4.69, 9.17) is 14.6 Å². The molecule has 0 saturated heterocycles. The van der Waals surface area contributed by atoms with Crippen LogP contribution in [0.1, 0.15) is 16.9 Å². The van der Waals surface area contributed by atoms with E-state index in [0.29, 0.717) is 11.4 Å². The van der Waals surface area contributed by atoms with Gasteiger partial charge in [-0.1, -0.05) is 0 Å². The van der Waals surface area contributed by atoms with Gasteiger partial charge in [0.1, 0.15) is 17.5 Å². The number of rotatable bonds is 7. The summed E-state index contributed by atoms with van der Waals surface area (Å²) in [5.41, 5.74) is 1.07. The predicted molar refractivity (Wildman–Crippen MR) is 80.2 cm³/mol. The summed E-state index contributed by atoms with van der Waals surface area (Å²) in [6, 6.07) is 6.03. The summed E-state index contributed by atoms with van der Waals surface area (Å²) < 4.78 is 9.97. The molecular formula is C15H18N2O5. The fourth-order valence-electron chi connectivity index (χ4n) is 2.09. The largest absolute Gasteiger partial charge is 0.497 e. The van der Waals surface area contributed by atoms with E-state index in [-0.39, 0.29) is 13.0 Å². The molecule has 0 saturated carbocycles. The van der Waals surface area contributed by atoms with Crippen LogP contribution >= 0.6 is 0 Å². The highest BCUT2D eigenvalue weighted by Crippen LogP contribution is 2.21. The van der Waals surface area contributed by atoms with Gasteiger partial charge in [0.25, 0.3) is 5.91 Å². The number of carbonyl (C=O) groups is 2. The molecule has 3 N–H and O–H groups in total. The third kappa shape index (κ3) is 3.56. The highest BCUT2D eigenvalue weighted by molar-refractivity contribution is 5.99.